The van der Waals surface area contributed by atoms with Gasteiger partial charge in [0.25, 0.3) is 0 Å². The third kappa shape index (κ3) is 13.0. The molecule has 1 radical (unpaired) electrons. The van der Waals surface area contributed by atoms with E-state index < -0.39 is 143 Å². The lowest BCUT2D eigenvalue weighted by Crippen LogP contribution is -2.56. The van der Waals surface area contributed by atoms with E-state index in [1.54, 1.807) is 11.6 Å². The maximum Gasteiger partial charge on any atom is 0.472 e. The lowest BCUT2D eigenvalue weighted by Gasteiger charge is -2.48. The number of carbonyl (C=O) groups excluding carboxylic acids is 7. The average molecular weight is 1270 g/mol. The Kier molecular flexibility index (Phi) is 19.7. The number of fused-ring (bicyclic) bond motifs is 7. The fraction of sp³-hybridized carbons (Fsp3) is 0.629. The van der Waals surface area contributed by atoms with Crippen molar-refractivity contribution in [1.29, 1.82) is 0 Å². The number of carbonyl (C=O) groups is 7. The Balaban J connectivity index is 1.19. The highest BCUT2D eigenvalue weighted by Gasteiger charge is 2.66. The van der Waals surface area contributed by atoms with Crippen LogP contribution < -0.4 is 55.3 Å². The lowest BCUT2D eigenvalue weighted by atomic mass is 9.55. The Morgan fingerprint density at radius 3 is 1.99 bits per heavy atom. The Morgan fingerprint density at radius 1 is 0.800 bits per heavy atom. The van der Waals surface area contributed by atoms with Gasteiger partial charge in [0.2, 0.25) is 41.4 Å². The highest BCUT2D eigenvalue weighted by molar-refractivity contribution is 7.47. The second kappa shape index (κ2) is 25.7. The normalized spacial score (nSPS) is 32.5. The number of nitrogens with zero attached hydrogens (tertiary/aromatic N) is 4. The Morgan fingerprint density at radius 2 is 1.40 bits per heavy atom. The number of anilines is 2. The van der Waals surface area contributed by atoms with Crippen LogP contribution in [0.4, 0.5) is 11.4 Å². The van der Waals surface area contributed by atoms with Crippen molar-refractivity contribution in [1.82, 2.24) is 10.6 Å². The first-order valence-electron chi connectivity index (χ1n) is 30.6. The van der Waals surface area contributed by atoms with Crippen molar-refractivity contribution in [2.45, 2.75) is 189 Å². The van der Waals surface area contributed by atoms with E-state index in [-0.39, 0.29) is 77.2 Å². The van der Waals surface area contributed by atoms with E-state index in [1.165, 1.54) is 6.92 Å². The first-order valence-corrected chi connectivity index (χ1v) is 32.1. The highest BCUT2D eigenvalue weighted by Crippen LogP contribution is 2.63. The quantitative estimate of drug-likeness (QED) is 0.0593. The van der Waals surface area contributed by atoms with Crippen molar-refractivity contribution in [2.75, 3.05) is 23.4 Å². The van der Waals surface area contributed by atoms with Crippen LogP contribution in [0, 0.1) is 65.8 Å². The molecule has 7 amide bonds. The summed E-state index contributed by atoms with van der Waals surface area (Å²) in [5.74, 6) is -7.17. The molecule has 0 spiro atoms. The van der Waals surface area contributed by atoms with E-state index in [4.69, 9.17) is 63.2 Å². The molecular weight excluding hydrogens is 1180 g/mol. The van der Waals surface area contributed by atoms with E-state index in [0.29, 0.717) is 51.1 Å². The summed E-state index contributed by atoms with van der Waals surface area (Å²) in [6, 6.07) is 2.78. The maximum absolute atomic E-state index is 14.4. The van der Waals surface area contributed by atoms with E-state index in [9.17, 15) is 53.2 Å². The molecule has 2 saturated heterocycles. The number of phosphoric ester groups is 1. The van der Waals surface area contributed by atoms with Crippen LogP contribution >= 0.6 is 7.82 Å². The fourth-order valence-electron chi connectivity index (χ4n) is 15.5. The zero-order valence-corrected chi connectivity index (χ0v) is 54.2. The number of benzene rings is 1. The van der Waals surface area contributed by atoms with Crippen LogP contribution in [-0.2, 0) is 51.9 Å². The first kappa shape index (κ1) is 69.0. The molecule has 8 rings (SSSR count). The number of hydrogen-bond acceptors (Lipinski definition) is 19. The van der Waals surface area contributed by atoms with Gasteiger partial charge in [0.05, 0.1) is 35.7 Å². The van der Waals surface area contributed by atoms with E-state index >= 15 is 0 Å². The number of allylic oxidation sites excluding steroid dienone is 6. The van der Waals surface area contributed by atoms with Crippen molar-refractivity contribution in [3.05, 3.63) is 64.2 Å². The monoisotopic (exact) mass is 1270 g/mol. The van der Waals surface area contributed by atoms with Gasteiger partial charge in [-0.2, -0.15) is 0 Å². The maximum atomic E-state index is 14.4. The molecule has 28 heteroatoms. The van der Waals surface area contributed by atoms with Gasteiger partial charge in [0.1, 0.15) is 25.0 Å². The minimum Gasteiger partial charge on any atom is -0.394 e. The standard InChI is InChI=1S/C62H91N13O14P/c1-29-20-39-40(21-30(29)2)75(28-70-39)57-52(84)53(41(27-76)87-57)89-90(85,86)88-31(3)26-69-49(83)18-19-59(8)37(22-46(66)80)56-62(11)61(10,25-48(68)82)36(14-17-45(65)79)51(74-62)33(5)55-60(9,24-47(67)81)34(12-15-43(63)77)38(71-55)23-42-58(6,7)35(13-16-44(64)78)50(72-42)32(4)54(59)73-56/h20-21,23,28,31,34-37,41,52-53,56-57,70-71,76,84H,12-19,22,24-27H2,1-11H3,(H2,63,77)(H2,64,78)(H2,65,79)(H2,66,80)(H2,67,81)(H2,68,82)(H,69,83)(H,85,86)/t31?,34-,35?,36-,37?,41-,52-,53-,56?,57+,59-,60+,61+,62+/m1/s1. The molecule has 7 heterocycles. The number of aliphatic imine (C=N–C) groups is 3. The summed E-state index contributed by atoms with van der Waals surface area (Å²) in [6.45, 7) is 20.9. The number of primary amides is 6. The van der Waals surface area contributed by atoms with Gasteiger partial charge >= 0.3 is 7.82 Å². The summed E-state index contributed by atoms with van der Waals surface area (Å²) in [6.07, 6.45) is -5.62. The second-order valence-electron chi connectivity index (χ2n) is 27.1. The number of rotatable bonds is 26. The molecular formula is C62H91N13O14P. The Hall–Kier alpha value is -6.87. The minimum atomic E-state index is -5.06. The summed E-state index contributed by atoms with van der Waals surface area (Å²) in [5, 5.41) is 31.4. The molecule has 0 aliphatic carbocycles. The third-order valence-electron chi connectivity index (χ3n) is 20.7. The van der Waals surface area contributed by atoms with E-state index in [0.717, 1.165) is 16.8 Å². The molecule has 90 heavy (non-hydrogen) atoms. The van der Waals surface area contributed by atoms with Crippen LogP contribution in [0.5, 0.6) is 0 Å². The number of aliphatic hydroxyl groups excluding tert-OH is 2. The highest BCUT2D eigenvalue weighted by atomic mass is 31.2. The number of phosphoric acid groups is 1. The lowest BCUT2D eigenvalue weighted by molar-refractivity contribution is -0.124. The van der Waals surface area contributed by atoms with Gasteiger partial charge < -0.3 is 75.1 Å². The van der Waals surface area contributed by atoms with Gasteiger partial charge in [-0.25, -0.2) is 4.57 Å². The summed E-state index contributed by atoms with van der Waals surface area (Å²) in [7, 11) is -5.06. The zero-order chi connectivity index (χ0) is 66.7. The van der Waals surface area contributed by atoms with Crippen molar-refractivity contribution in [3.63, 3.8) is 0 Å². The van der Waals surface area contributed by atoms with Crippen LogP contribution in [0.15, 0.2) is 61.4 Å². The molecule has 7 aliphatic rings. The molecule has 8 bridgehead atoms. The largest absolute Gasteiger partial charge is 0.472 e. The first-order chi connectivity index (χ1) is 41.8. The molecule has 5 unspecified atom stereocenters. The van der Waals surface area contributed by atoms with Gasteiger partial charge in [0.15, 0.2) is 6.23 Å². The number of hydrogen-bond donors (Lipinski definition) is 12. The molecule has 493 valence electrons. The van der Waals surface area contributed by atoms with Crippen LogP contribution in [0.3, 0.4) is 0 Å². The zero-order valence-electron chi connectivity index (χ0n) is 53.3. The summed E-state index contributed by atoms with van der Waals surface area (Å²) in [5.41, 5.74) is 37.6. The minimum absolute atomic E-state index is 0.00918. The average Bonchev–Trinajstić information content (AvgIpc) is 1.53. The molecule has 18 N–H and O–H groups in total. The van der Waals surface area contributed by atoms with Gasteiger partial charge in [-0.15, -0.1) is 0 Å². The number of nitrogens with one attached hydrogen (secondary N) is 3. The Bertz CT molecular complexity index is 3380. The van der Waals surface area contributed by atoms with E-state index in [2.05, 4.69) is 16.0 Å². The second-order valence-corrected chi connectivity index (χ2v) is 28.5. The number of amides is 7. The summed E-state index contributed by atoms with van der Waals surface area (Å²) >= 11 is 0. The predicted molar refractivity (Wildman–Crippen MR) is 335 cm³/mol. The number of aryl methyl sites for hydroxylation is 2. The smallest absolute Gasteiger partial charge is 0.394 e. The van der Waals surface area contributed by atoms with E-state index in [1.807, 2.05) is 87.4 Å². The van der Waals surface area contributed by atoms with Crippen LogP contribution in [0.1, 0.15) is 144 Å². The molecule has 0 aromatic heterocycles. The van der Waals surface area contributed by atoms with Crippen molar-refractivity contribution in [2.24, 2.45) is 94.7 Å². The molecule has 2 fully saturated rings. The molecule has 15 atom stereocenters. The SMILES string of the molecule is CC1=C2N=C(C=C3NC(=C(C)C4=N[C@@](C)(C5N=C1[C@](C)(CCC(=O)NCC(C)OP(=O)(O)O[C@H]1[C@@H](O)[C@@H](N6[CH]Nc7cc(C)c(C)cc76)O[C@@H]1CO)C5CC(N)=O)[C@@](C)(CC(N)=O)[C@@H]4CCC(N)=O)[C@@](C)(CC(N)=O)[C@@H]3CCC(N)=O)C(C)(C)C2CCC(N)=O. The predicted octanol–water partition coefficient (Wildman–Crippen LogP) is 2.99. The van der Waals surface area contributed by atoms with Crippen molar-refractivity contribution >= 4 is 77.7 Å². The molecule has 27 nitrogen and oxygen atoms in total. The van der Waals surface area contributed by atoms with Crippen LogP contribution in [0.25, 0.3) is 0 Å². The number of ether oxygens (including phenoxy) is 1. The van der Waals surface area contributed by atoms with Gasteiger partial charge in [0, 0.05) is 131 Å². The topological polar surface area (TPSA) is 457 Å². The molecule has 7 aliphatic heterocycles. The van der Waals surface area contributed by atoms with Crippen molar-refractivity contribution < 1.29 is 67.0 Å². The summed E-state index contributed by atoms with van der Waals surface area (Å²) < 4.78 is 30.8. The Labute approximate surface area is 524 Å². The number of nitrogens with two attached hydrogens (primary N) is 6. The number of aliphatic hydroxyl groups is 2. The fourth-order valence-corrected chi connectivity index (χ4v) is 16.7. The molecule has 1 aromatic carbocycles. The van der Waals surface area contributed by atoms with Gasteiger partial charge in [-0.3, -0.25) is 57.6 Å². The van der Waals surface area contributed by atoms with Gasteiger partial charge in [-0.1, -0.05) is 34.6 Å². The summed E-state index contributed by atoms with van der Waals surface area (Å²) in [4.78, 5) is 123. The molecule has 0 saturated carbocycles. The van der Waals surface area contributed by atoms with Crippen LogP contribution in [-0.4, -0.2) is 129 Å². The van der Waals surface area contributed by atoms with Crippen molar-refractivity contribution in [3.8, 4) is 0 Å². The van der Waals surface area contributed by atoms with Crippen LogP contribution in [0.2, 0.25) is 0 Å². The third-order valence-corrected chi connectivity index (χ3v) is 21.8. The van der Waals surface area contributed by atoms with Gasteiger partial charge in [-0.05, 0) is 108 Å². The molecule has 1 aromatic rings.